The summed E-state index contributed by atoms with van der Waals surface area (Å²) >= 11 is 0. The Labute approximate surface area is 295 Å². The number of carbonyl (C=O) groups is 4. The Hall–Kier alpha value is -5.30. The van der Waals surface area contributed by atoms with E-state index in [2.05, 4.69) is 54.6 Å². The van der Waals surface area contributed by atoms with Crippen molar-refractivity contribution in [3.8, 4) is 5.75 Å². The van der Waals surface area contributed by atoms with E-state index in [9.17, 15) is 19.2 Å². The van der Waals surface area contributed by atoms with Gasteiger partial charge >= 0.3 is 0 Å². The molecule has 7 heterocycles. The number of H-pyrrole nitrogens is 1. The van der Waals surface area contributed by atoms with Gasteiger partial charge in [-0.1, -0.05) is 6.07 Å². The Morgan fingerprint density at radius 1 is 0.980 bits per heavy atom. The van der Waals surface area contributed by atoms with Gasteiger partial charge in [0.15, 0.2) is 0 Å². The summed E-state index contributed by atoms with van der Waals surface area (Å²) in [5.74, 6) is 0.415. The molecule has 8 rings (SSSR count). The molecule has 13 heteroatoms. The minimum absolute atomic E-state index is 0.149. The fourth-order valence-corrected chi connectivity index (χ4v) is 8.05. The maximum absolute atomic E-state index is 13.3. The number of nitrogens with one attached hydrogen (secondary N) is 3. The van der Waals surface area contributed by atoms with E-state index < -0.39 is 11.9 Å². The van der Waals surface area contributed by atoms with E-state index in [1.165, 1.54) is 12.1 Å². The van der Waals surface area contributed by atoms with Crippen molar-refractivity contribution in [2.75, 3.05) is 43.5 Å². The van der Waals surface area contributed by atoms with Crippen LogP contribution in [-0.2, 0) is 16.1 Å². The van der Waals surface area contributed by atoms with Crippen molar-refractivity contribution in [1.82, 2.24) is 30.1 Å². The molecular weight excluding hydrogens is 648 g/mol. The van der Waals surface area contributed by atoms with Gasteiger partial charge in [0.2, 0.25) is 11.8 Å². The van der Waals surface area contributed by atoms with Gasteiger partial charge < -0.3 is 24.8 Å². The third kappa shape index (κ3) is 6.65. The zero-order chi connectivity index (χ0) is 35.1. The predicted molar refractivity (Wildman–Crippen MR) is 190 cm³/mol. The van der Waals surface area contributed by atoms with Gasteiger partial charge in [-0.2, -0.15) is 0 Å². The first-order valence-electron chi connectivity index (χ1n) is 17.9. The summed E-state index contributed by atoms with van der Waals surface area (Å²) in [6, 6.07) is 13.0. The smallest absolute Gasteiger partial charge is 0.275 e. The lowest BCUT2D eigenvalue weighted by atomic mass is 9.93. The topological polar surface area (TPSA) is 153 Å². The number of likely N-dealkylation sites (tertiary alicyclic amines) is 1. The summed E-state index contributed by atoms with van der Waals surface area (Å²) in [7, 11) is 2.15. The molecule has 1 unspecified atom stereocenters. The highest BCUT2D eigenvalue weighted by molar-refractivity contribution is 6.06. The molecule has 0 spiro atoms. The maximum Gasteiger partial charge on any atom is 0.275 e. The van der Waals surface area contributed by atoms with Gasteiger partial charge in [0.25, 0.3) is 11.8 Å². The number of anilines is 2. The average molecular weight is 691 g/mol. The number of nitrogens with zero attached hydrogens (tertiary/aromatic N) is 5. The Morgan fingerprint density at radius 2 is 1.84 bits per heavy atom. The van der Waals surface area contributed by atoms with E-state index in [-0.39, 0.29) is 29.8 Å². The standard InChI is InChI=1S/C38H42N8O5/c1-44-14-3-6-32(44)30-18-24-20-40-34(19-29(24)41-30)42-36(48)28-8-7-25(21-39-28)51-17-13-23-11-15-45(16-12-23)31-5-2-4-26-27(31)22-46(38(26)50)33-9-10-35(47)43-37(33)49/h2,4-5,7-8,18-21,23,32-33,41H,3,6,9-17,22H2,1H3,(H,40,42,48)(H,43,47,49)/t32-,33?/m1/s1. The van der Waals surface area contributed by atoms with Crippen LogP contribution in [0.3, 0.4) is 0 Å². The Kier molecular flexibility index (Phi) is 8.89. The minimum Gasteiger partial charge on any atom is -0.492 e. The number of aromatic amines is 1. The number of hydrogen-bond acceptors (Lipinski definition) is 9. The van der Waals surface area contributed by atoms with Crippen LogP contribution in [-0.4, -0.2) is 87.7 Å². The first kappa shape index (κ1) is 32.9. The summed E-state index contributed by atoms with van der Waals surface area (Å²) in [6.07, 6.45) is 9.16. The van der Waals surface area contributed by atoms with E-state index >= 15 is 0 Å². The van der Waals surface area contributed by atoms with Crippen molar-refractivity contribution >= 4 is 46.0 Å². The molecule has 3 aromatic heterocycles. The average Bonchev–Trinajstić information content (AvgIpc) is 3.85. The van der Waals surface area contributed by atoms with Gasteiger partial charge in [0.1, 0.15) is 23.3 Å². The van der Waals surface area contributed by atoms with Gasteiger partial charge in [-0.05, 0) is 88.4 Å². The molecule has 264 valence electrons. The fourth-order valence-electron chi connectivity index (χ4n) is 8.05. The molecule has 2 atom stereocenters. The van der Waals surface area contributed by atoms with Crippen molar-refractivity contribution < 1.29 is 23.9 Å². The molecule has 1 aromatic carbocycles. The molecule has 0 saturated carbocycles. The monoisotopic (exact) mass is 690 g/mol. The molecule has 0 radical (unpaired) electrons. The third-order valence-corrected chi connectivity index (χ3v) is 10.9. The van der Waals surface area contributed by atoms with Crippen LogP contribution in [0.15, 0.2) is 54.9 Å². The van der Waals surface area contributed by atoms with Crippen molar-refractivity contribution in [3.05, 3.63) is 77.4 Å². The molecule has 3 fully saturated rings. The Morgan fingerprint density at radius 3 is 2.61 bits per heavy atom. The summed E-state index contributed by atoms with van der Waals surface area (Å²) in [5, 5.41) is 6.25. The highest BCUT2D eigenvalue weighted by atomic mass is 16.5. The van der Waals surface area contributed by atoms with Crippen LogP contribution in [0.4, 0.5) is 11.5 Å². The van der Waals surface area contributed by atoms with Crippen LogP contribution in [0.2, 0.25) is 0 Å². The van der Waals surface area contributed by atoms with Gasteiger partial charge in [-0.15, -0.1) is 0 Å². The number of fused-ring (bicyclic) bond motifs is 2. The van der Waals surface area contributed by atoms with E-state index in [0.29, 0.717) is 48.7 Å². The molecule has 4 amide bonds. The summed E-state index contributed by atoms with van der Waals surface area (Å²) in [4.78, 5) is 68.9. The van der Waals surface area contributed by atoms with Gasteiger partial charge in [0.05, 0.1) is 18.3 Å². The fraction of sp³-hybridized carbons (Fsp3) is 0.421. The molecular formula is C38H42N8O5. The number of amides is 4. The molecule has 3 N–H and O–H groups in total. The number of rotatable bonds is 9. The predicted octanol–water partition coefficient (Wildman–Crippen LogP) is 4.42. The highest BCUT2D eigenvalue weighted by Crippen LogP contribution is 2.36. The number of ether oxygens (including phenoxy) is 1. The van der Waals surface area contributed by atoms with Crippen molar-refractivity contribution in [1.29, 1.82) is 0 Å². The second kappa shape index (κ2) is 13.8. The lowest BCUT2D eigenvalue weighted by Gasteiger charge is -2.35. The number of carbonyl (C=O) groups excluding carboxylic acids is 4. The van der Waals surface area contributed by atoms with Gasteiger partial charge in [0, 0.05) is 72.3 Å². The number of piperidine rings is 2. The molecule has 3 saturated heterocycles. The van der Waals surface area contributed by atoms with Crippen LogP contribution < -0.4 is 20.3 Å². The lowest BCUT2D eigenvalue weighted by Crippen LogP contribution is -2.52. The van der Waals surface area contributed by atoms with Gasteiger partial charge in [-0.3, -0.25) is 29.4 Å². The summed E-state index contributed by atoms with van der Waals surface area (Å²) < 4.78 is 6.01. The molecule has 0 aliphatic carbocycles. The second-order valence-electron chi connectivity index (χ2n) is 14.1. The zero-order valence-electron chi connectivity index (χ0n) is 28.7. The molecule has 4 aromatic rings. The van der Waals surface area contributed by atoms with Crippen LogP contribution in [0.25, 0.3) is 10.9 Å². The number of pyridine rings is 2. The normalized spacial score (nSPS) is 21.3. The lowest BCUT2D eigenvalue weighted by molar-refractivity contribution is -0.136. The van der Waals surface area contributed by atoms with Crippen LogP contribution in [0.1, 0.15) is 83.1 Å². The maximum atomic E-state index is 13.3. The summed E-state index contributed by atoms with van der Waals surface area (Å²) in [6.45, 7) is 3.74. The number of benzene rings is 1. The Bertz CT molecular complexity index is 1990. The number of hydrogen-bond donors (Lipinski definition) is 3. The largest absolute Gasteiger partial charge is 0.492 e. The molecule has 13 nitrogen and oxygen atoms in total. The highest BCUT2D eigenvalue weighted by Gasteiger charge is 2.40. The second-order valence-corrected chi connectivity index (χ2v) is 14.1. The number of aromatic nitrogens is 3. The molecule has 0 bridgehead atoms. The van der Waals surface area contributed by atoms with Crippen LogP contribution in [0.5, 0.6) is 5.75 Å². The van der Waals surface area contributed by atoms with Gasteiger partial charge in [-0.25, -0.2) is 9.97 Å². The van der Waals surface area contributed by atoms with E-state index in [0.717, 1.165) is 67.5 Å². The number of imide groups is 1. The van der Waals surface area contributed by atoms with Crippen LogP contribution in [0, 0.1) is 5.92 Å². The third-order valence-electron chi connectivity index (χ3n) is 10.9. The van der Waals surface area contributed by atoms with E-state index in [4.69, 9.17) is 4.74 Å². The SMILES string of the molecule is CN1CCC[C@@H]1c1cc2cnc(NC(=O)c3ccc(OCCC4CCN(c5cccc6c5CN(C5CCC(=O)NC5=O)C6=O)CC4)cn3)cc2[nH]1. The minimum atomic E-state index is -0.620. The quantitative estimate of drug-likeness (QED) is 0.217. The molecule has 4 aliphatic heterocycles. The summed E-state index contributed by atoms with van der Waals surface area (Å²) in [5.41, 5.74) is 5.04. The van der Waals surface area contributed by atoms with Crippen LogP contribution >= 0.6 is 0 Å². The molecule has 4 aliphatic rings. The first-order valence-corrected chi connectivity index (χ1v) is 17.9. The van der Waals surface area contributed by atoms with E-state index in [1.807, 2.05) is 18.2 Å². The zero-order valence-corrected chi connectivity index (χ0v) is 28.7. The first-order chi connectivity index (χ1) is 24.8. The molecule has 51 heavy (non-hydrogen) atoms. The van der Waals surface area contributed by atoms with Crippen molar-refractivity contribution in [3.63, 3.8) is 0 Å². The van der Waals surface area contributed by atoms with Crippen molar-refractivity contribution in [2.45, 2.75) is 63.6 Å². The van der Waals surface area contributed by atoms with E-state index in [1.54, 1.807) is 29.4 Å². The Balaban J connectivity index is 0.803. The van der Waals surface area contributed by atoms with Crippen molar-refractivity contribution in [2.24, 2.45) is 5.92 Å².